The minimum absolute atomic E-state index is 0.00857. The summed E-state index contributed by atoms with van der Waals surface area (Å²) >= 11 is 0. The molecule has 0 fully saturated rings. The first-order valence-corrected chi connectivity index (χ1v) is 5.45. The predicted octanol–water partition coefficient (Wildman–Crippen LogP) is 2.45. The van der Waals surface area contributed by atoms with Crippen molar-refractivity contribution in [3.05, 3.63) is 36.2 Å². The van der Waals surface area contributed by atoms with Crippen molar-refractivity contribution in [2.75, 3.05) is 13.7 Å². The summed E-state index contributed by atoms with van der Waals surface area (Å²) in [5, 5.41) is 9.04. The summed E-state index contributed by atoms with van der Waals surface area (Å²) in [6, 6.07) is 7.49. The van der Waals surface area contributed by atoms with Crippen molar-refractivity contribution >= 4 is 0 Å². The van der Waals surface area contributed by atoms with Gasteiger partial charge in [-0.15, -0.1) is 0 Å². The van der Waals surface area contributed by atoms with Crippen molar-refractivity contribution in [2.24, 2.45) is 0 Å². The monoisotopic (exact) mass is 233 g/mol. The first-order chi connectivity index (χ1) is 8.24. The van der Waals surface area contributed by atoms with Crippen LogP contribution in [0.3, 0.4) is 0 Å². The van der Waals surface area contributed by atoms with E-state index in [2.05, 4.69) is 4.98 Å². The van der Waals surface area contributed by atoms with E-state index in [1.165, 1.54) is 0 Å². The molecule has 1 atom stereocenters. The lowest BCUT2D eigenvalue weighted by Gasteiger charge is -2.01. The summed E-state index contributed by atoms with van der Waals surface area (Å²) in [6.07, 6.45) is 1.58. The number of oxazole rings is 1. The lowest BCUT2D eigenvalue weighted by Crippen LogP contribution is -1.98. The molecule has 0 aliphatic heterocycles. The zero-order chi connectivity index (χ0) is 12.3. The largest absolute Gasteiger partial charge is 0.497 e. The standard InChI is InChI=1S/C13H15NO3/c1-9(7-15)12-8-17-13(14-12)10-3-5-11(16-2)6-4-10/h3-6,8-9,15H,7H2,1-2H3. The molecule has 90 valence electrons. The molecule has 1 aromatic heterocycles. The number of ether oxygens (including phenoxy) is 1. The smallest absolute Gasteiger partial charge is 0.226 e. The van der Waals surface area contributed by atoms with Crippen LogP contribution < -0.4 is 4.74 Å². The molecular weight excluding hydrogens is 218 g/mol. The van der Waals surface area contributed by atoms with Crippen molar-refractivity contribution in [1.82, 2.24) is 4.98 Å². The van der Waals surface area contributed by atoms with Crippen LogP contribution in [0.4, 0.5) is 0 Å². The van der Waals surface area contributed by atoms with Gasteiger partial charge in [0.05, 0.1) is 19.4 Å². The molecule has 0 saturated carbocycles. The van der Waals surface area contributed by atoms with E-state index in [-0.39, 0.29) is 12.5 Å². The minimum Gasteiger partial charge on any atom is -0.497 e. The van der Waals surface area contributed by atoms with E-state index in [4.69, 9.17) is 14.3 Å². The van der Waals surface area contributed by atoms with E-state index in [0.717, 1.165) is 17.0 Å². The maximum atomic E-state index is 9.04. The first kappa shape index (κ1) is 11.7. The summed E-state index contributed by atoms with van der Waals surface area (Å²) in [5.41, 5.74) is 1.65. The molecule has 0 aliphatic carbocycles. The molecule has 1 unspecified atom stereocenters. The number of benzene rings is 1. The van der Waals surface area contributed by atoms with Gasteiger partial charge in [0.15, 0.2) is 0 Å². The van der Waals surface area contributed by atoms with Gasteiger partial charge in [0.2, 0.25) is 5.89 Å². The molecule has 1 heterocycles. The summed E-state index contributed by atoms with van der Waals surface area (Å²) in [5.74, 6) is 1.35. The second kappa shape index (κ2) is 5.01. The SMILES string of the molecule is COc1ccc(-c2nc(C(C)CO)co2)cc1. The van der Waals surface area contributed by atoms with Crippen molar-refractivity contribution in [2.45, 2.75) is 12.8 Å². The highest BCUT2D eigenvalue weighted by Gasteiger charge is 2.11. The molecule has 2 aromatic rings. The summed E-state index contributed by atoms with van der Waals surface area (Å²) < 4.78 is 10.5. The zero-order valence-electron chi connectivity index (χ0n) is 9.88. The topological polar surface area (TPSA) is 55.5 Å². The highest BCUT2D eigenvalue weighted by atomic mass is 16.5. The lowest BCUT2D eigenvalue weighted by atomic mass is 10.1. The van der Waals surface area contributed by atoms with E-state index in [1.807, 2.05) is 31.2 Å². The van der Waals surface area contributed by atoms with Gasteiger partial charge in [-0.2, -0.15) is 0 Å². The average molecular weight is 233 g/mol. The second-order valence-corrected chi connectivity index (χ2v) is 3.89. The van der Waals surface area contributed by atoms with Gasteiger partial charge in [-0.05, 0) is 24.3 Å². The molecule has 17 heavy (non-hydrogen) atoms. The van der Waals surface area contributed by atoms with Crippen LogP contribution in [-0.2, 0) is 0 Å². The van der Waals surface area contributed by atoms with E-state index in [9.17, 15) is 0 Å². The highest BCUT2D eigenvalue weighted by Crippen LogP contribution is 2.24. The Bertz CT molecular complexity index is 476. The van der Waals surface area contributed by atoms with Gasteiger partial charge >= 0.3 is 0 Å². The van der Waals surface area contributed by atoms with Crippen LogP contribution in [0.2, 0.25) is 0 Å². The summed E-state index contributed by atoms with van der Waals surface area (Å²) in [6.45, 7) is 1.96. The Hall–Kier alpha value is -1.81. The predicted molar refractivity (Wildman–Crippen MR) is 64.0 cm³/mol. The fraction of sp³-hybridized carbons (Fsp3) is 0.308. The molecule has 4 heteroatoms. The Morgan fingerprint density at radius 3 is 2.65 bits per heavy atom. The Balaban J connectivity index is 2.24. The Kier molecular flexibility index (Phi) is 3.44. The number of hydrogen-bond donors (Lipinski definition) is 1. The number of aromatic nitrogens is 1. The molecule has 1 N–H and O–H groups in total. The number of aliphatic hydroxyl groups excluding tert-OH is 1. The highest BCUT2D eigenvalue weighted by molar-refractivity contribution is 5.54. The van der Waals surface area contributed by atoms with Crippen LogP contribution in [0.1, 0.15) is 18.5 Å². The number of aliphatic hydroxyl groups is 1. The van der Waals surface area contributed by atoms with Gasteiger partial charge in [0, 0.05) is 11.5 Å². The van der Waals surface area contributed by atoms with Gasteiger partial charge in [-0.3, -0.25) is 0 Å². The molecule has 0 bridgehead atoms. The van der Waals surface area contributed by atoms with E-state index in [1.54, 1.807) is 13.4 Å². The molecule has 2 rings (SSSR count). The normalized spacial score (nSPS) is 12.4. The maximum absolute atomic E-state index is 9.04. The van der Waals surface area contributed by atoms with Crippen molar-refractivity contribution < 1.29 is 14.3 Å². The fourth-order valence-electron chi connectivity index (χ4n) is 1.47. The first-order valence-electron chi connectivity index (χ1n) is 5.45. The van der Waals surface area contributed by atoms with Gasteiger partial charge in [0.1, 0.15) is 12.0 Å². The van der Waals surface area contributed by atoms with Gasteiger partial charge in [-0.1, -0.05) is 6.92 Å². The van der Waals surface area contributed by atoms with E-state index in [0.29, 0.717) is 5.89 Å². The third kappa shape index (κ3) is 2.47. The fourth-order valence-corrected chi connectivity index (χ4v) is 1.47. The van der Waals surface area contributed by atoms with Crippen LogP contribution in [0.15, 0.2) is 34.9 Å². The number of hydrogen-bond acceptors (Lipinski definition) is 4. The van der Waals surface area contributed by atoms with Crippen LogP contribution in [0.25, 0.3) is 11.5 Å². The van der Waals surface area contributed by atoms with Crippen LogP contribution in [-0.4, -0.2) is 23.8 Å². The maximum Gasteiger partial charge on any atom is 0.226 e. The molecule has 0 aliphatic rings. The molecule has 1 aromatic carbocycles. The molecule has 4 nitrogen and oxygen atoms in total. The number of rotatable bonds is 4. The Morgan fingerprint density at radius 2 is 2.06 bits per heavy atom. The number of nitrogens with zero attached hydrogens (tertiary/aromatic N) is 1. The third-order valence-electron chi connectivity index (χ3n) is 2.64. The van der Waals surface area contributed by atoms with Gasteiger partial charge in [0.25, 0.3) is 0 Å². The lowest BCUT2D eigenvalue weighted by molar-refractivity contribution is 0.271. The molecule has 0 radical (unpaired) electrons. The van der Waals surface area contributed by atoms with E-state index < -0.39 is 0 Å². The number of methoxy groups -OCH3 is 1. The minimum atomic E-state index is -0.00857. The van der Waals surface area contributed by atoms with Crippen LogP contribution >= 0.6 is 0 Å². The third-order valence-corrected chi connectivity index (χ3v) is 2.64. The molecule has 0 saturated heterocycles. The molecular formula is C13H15NO3. The summed E-state index contributed by atoms with van der Waals surface area (Å²) in [4.78, 5) is 4.34. The van der Waals surface area contributed by atoms with Gasteiger partial charge < -0.3 is 14.3 Å². The van der Waals surface area contributed by atoms with Crippen LogP contribution in [0, 0.1) is 0 Å². The van der Waals surface area contributed by atoms with Crippen molar-refractivity contribution in [1.29, 1.82) is 0 Å². The van der Waals surface area contributed by atoms with Gasteiger partial charge in [-0.25, -0.2) is 4.98 Å². The average Bonchev–Trinajstić information content (AvgIpc) is 2.87. The van der Waals surface area contributed by atoms with Crippen molar-refractivity contribution in [3.8, 4) is 17.2 Å². The van der Waals surface area contributed by atoms with E-state index >= 15 is 0 Å². The summed E-state index contributed by atoms with van der Waals surface area (Å²) in [7, 11) is 1.63. The Labute approximate surface area is 99.9 Å². The quantitative estimate of drug-likeness (QED) is 0.881. The molecule has 0 amide bonds. The zero-order valence-corrected chi connectivity index (χ0v) is 9.88. The second-order valence-electron chi connectivity index (χ2n) is 3.89. The Morgan fingerprint density at radius 1 is 1.35 bits per heavy atom. The van der Waals surface area contributed by atoms with Crippen LogP contribution in [0.5, 0.6) is 5.75 Å². The van der Waals surface area contributed by atoms with Crippen molar-refractivity contribution in [3.63, 3.8) is 0 Å². The molecule has 0 spiro atoms.